The molecule has 34 heavy (non-hydrogen) atoms. The Balaban J connectivity index is 1.66. The summed E-state index contributed by atoms with van der Waals surface area (Å²) >= 11 is 0. The van der Waals surface area contributed by atoms with Crippen LogP contribution in [0.3, 0.4) is 0 Å². The maximum atomic E-state index is 13.7. The zero-order chi connectivity index (χ0) is 23.7. The largest absolute Gasteiger partial charge is 0.437 e. The average molecular weight is 461 g/mol. The summed E-state index contributed by atoms with van der Waals surface area (Å²) in [5.74, 6) is 0.831. The van der Waals surface area contributed by atoms with E-state index in [4.69, 9.17) is 10.2 Å². The first-order valence-corrected chi connectivity index (χ1v) is 11.1. The number of likely N-dealkylation sites (N-methyl/N-ethyl adjacent to an activating group) is 1. The monoisotopic (exact) mass is 460 g/mol. The zero-order valence-corrected chi connectivity index (χ0v) is 18.8. The molecule has 5 rings (SSSR count). The first-order chi connectivity index (χ1) is 16.5. The van der Waals surface area contributed by atoms with Crippen LogP contribution >= 0.6 is 0 Å². The van der Waals surface area contributed by atoms with Crippen molar-refractivity contribution in [3.63, 3.8) is 0 Å². The second-order valence-electron chi connectivity index (χ2n) is 8.31. The maximum Gasteiger partial charge on any atom is 0.238 e. The number of benzene rings is 2. The number of hydrogen-bond acceptors (Lipinski definition) is 7. The summed E-state index contributed by atoms with van der Waals surface area (Å²) in [5.41, 5.74) is 8.91. The second-order valence-corrected chi connectivity index (χ2v) is 8.31. The Kier molecular flexibility index (Phi) is 5.95. The van der Waals surface area contributed by atoms with Crippen LogP contribution in [-0.4, -0.2) is 60.5 Å². The van der Waals surface area contributed by atoms with Crippen LogP contribution < -0.4 is 16.0 Å². The molecule has 0 spiro atoms. The number of rotatable bonds is 5. The highest BCUT2D eigenvalue weighted by Crippen LogP contribution is 2.43. The van der Waals surface area contributed by atoms with Gasteiger partial charge >= 0.3 is 0 Å². The van der Waals surface area contributed by atoms with Crippen molar-refractivity contribution < 1.29 is 13.6 Å². The summed E-state index contributed by atoms with van der Waals surface area (Å²) in [6.07, 6.45) is 1.52. The molecule has 1 aliphatic rings. The van der Waals surface area contributed by atoms with Gasteiger partial charge in [-0.05, 0) is 49.0 Å². The molecular formula is C25H25FN6O2. The molecule has 4 aromatic rings. The van der Waals surface area contributed by atoms with Crippen molar-refractivity contribution in [1.82, 2.24) is 14.9 Å². The SMILES string of the molecule is CN1CCN(c2ncnc3oc(-c4ccc(NC(=O)CN)cc4)c(-c4ccc(F)cc4)c23)CC1. The van der Waals surface area contributed by atoms with E-state index in [1.807, 2.05) is 12.1 Å². The molecule has 1 fully saturated rings. The molecule has 174 valence electrons. The predicted molar refractivity (Wildman–Crippen MR) is 130 cm³/mol. The number of piperazine rings is 1. The standard InChI is InChI=1S/C25H25FN6O2/c1-31-10-12-32(13-11-31)24-22-21(16-2-6-18(26)7-3-16)23(34-25(22)29-15-28-24)17-4-8-19(9-5-17)30-20(33)14-27/h2-9,15H,10-14,27H2,1H3,(H,30,33). The second kappa shape index (κ2) is 9.20. The lowest BCUT2D eigenvalue weighted by atomic mass is 9.99. The fourth-order valence-electron chi connectivity index (χ4n) is 4.19. The third-order valence-electron chi connectivity index (χ3n) is 6.02. The van der Waals surface area contributed by atoms with Gasteiger partial charge in [0.05, 0.1) is 11.9 Å². The number of aromatic nitrogens is 2. The third kappa shape index (κ3) is 4.23. The highest BCUT2D eigenvalue weighted by atomic mass is 19.1. The molecule has 0 aliphatic carbocycles. The molecule has 0 bridgehead atoms. The van der Waals surface area contributed by atoms with Gasteiger partial charge in [0.2, 0.25) is 11.6 Å². The summed E-state index contributed by atoms with van der Waals surface area (Å²) in [6, 6.07) is 13.6. The number of anilines is 2. The lowest BCUT2D eigenvalue weighted by molar-refractivity contribution is -0.114. The molecule has 0 radical (unpaired) electrons. The molecule has 0 saturated carbocycles. The number of nitrogens with two attached hydrogens (primary N) is 1. The molecule has 9 heteroatoms. The Hall–Kier alpha value is -3.82. The van der Waals surface area contributed by atoms with Crippen molar-refractivity contribution in [2.45, 2.75) is 0 Å². The lowest BCUT2D eigenvalue weighted by Crippen LogP contribution is -2.44. The van der Waals surface area contributed by atoms with E-state index in [0.29, 0.717) is 17.2 Å². The van der Waals surface area contributed by atoms with E-state index in [1.165, 1.54) is 18.5 Å². The molecule has 1 aliphatic heterocycles. The highest BCUT2D eigenvalue weighted by Gasteiger charge is 2.26. The molecule has 2 aromatic carbocycles. The van der Waals surface area contributed by atoms with Crippen molar-refractivity contribution in [2.75, 3.05) is 50.0 Å². The van der Waals surface area contributed by atoms with Crippen molar-refractivity contribution >= 4 is 28.5 Å². The van der Waals surface area contributed by atoms with Crippen molar-refractivity contribution in [3.8, 4) is 22.5 Å². The summed E-state index contributed by atoms with van der Waals surface area (Å²) in [7, 11) is 2.10. The van der Waals surface area contributed by atoms with E-state index in [1.54, 1.807) is 24.3 Å². The average Bonchev–Trinajstić information content (AvgIpc) is 3.25. The van der Waals surface area contributed by atoms with Gasteiger partial charge in [0.15, 0.2) is 0 Å². The van der Waals surface area contributed by atoms with Gasteiger partial charge < -0.3 is 25.3 Å². The molecule has 2 aromatic heterocycles. The number of halogens is 1. The number of hydrogen-bond donors (Lipinski definition) is 2. The fourth-order valence-corrected chi connectivity index (χ4v) is 4.19. The van der Waals surface area contributed by atoms with E-state index in [9.17, 15) is 9.18 Å². The zero-order valence-electron chi connectivity index (χ0n) is 18.8. The Morgan fingerprint density at radius 3 is 2.38 bits per heavy atom. The van der Waals surface area contributed by atoms with Gasteiger partial charge in [0, 0.05) is 43.0 Å². The molecule has 0 unspecified atom stereocenters. The number of amides is 1. The maximum absolute atomic E-state index is 13.7. The summed E-state index contributed by atoms with van der Waals surface area (Å²) in [4.78, 5) is 25.2. The molecule has 3 heterocycles. The normalized spacial score (nSPS) is 14.5. The van der Waals surface area contributed by atoms with Gasteiger partial charge in [0.25, 0.3) is 0 Å². The van der Waals surface area contributed by atoms with Crippen molar-refractivity contribution in [1.29, 1.82) is 0 Å². The van der Waals surface area contributed by atoms with Gasteiger partial charge in [-0.15, -0.1) is 0 Å². The van der Waals surface area contributed by atoms with Crippen LogP contribution in [0.25, 0.3) is 33.6 Å². The van der Waals surface area contributed by atoms with E-state index in [-0.39, 0.29) is 18.3 Å². The molecule has 1 saturated heterocycles. The minimum absolute atomic E-state index is 0.0895. The highest BCUT2D eigenvalue weighted by molar-refractivity contribution is 6.06. The summed E-state index contributed by atoms with van der Waals surface area (Å²) < 4.78 is 20.0. The minimum Gasteiger partial charge on any atom is -0.437 e. The topological polar surface area (TPSA) is 101 Å². The predicted octanol–water partition coefficient (Wildman–Crippen LogP) is 3.34. The fraction of sp³-hybridized carbons (Fsp3) is 0.240. The van der Waals surface area contributed by atoms with Crippen LogP contribution in [0.15, 0.2) is 59.3 Å². The number of furan rings is 1. The Morgan fingerprint density at radius 2 is 1.71 bits per heavy atom. The first kappa shape index (κ1) is 22.0. The summed E-state index contributed by atoms with van der Waals surface area (Å²) in [5, 5.41) is 3.54. The van der Waals surface area contributed by atoms with Crippen molar-refractivity contribution in [2.24, 2.45) is 5.73 Å². The van der Waals surface area contributed by atoms with Gasteiger partial charge in [0.1, 0.15) is 23.7 Å². The number of carbonyl (C=O) groups is 1. The van der Waals surface area contributed by atoms with Gasteiger partial charge in [-0.3, -0.25) is 4.79 Å². The van der Waals surface area contributed by atoms with Gasteiger partial charge in [-0.25, -0.2) is 14.4 Å². The van der Waals surface area contributed by atoms with E-state index in [2.05, 4.69) is 32.1 Å². The van der Waals surface area contributed by atoms with Gasteiger partial charge in [-0.2, -0.15) is 0 Å². The molecule has 3 N–H and O–H groups in total. The lowest BCUT2D eigenvalue weighted by Gasteiger charge is -2.33. The molecule has 8 nitrogen and oxygen atoms in total. The Morgan fingerprint density at radius 1 is 1.03 bits per heavy atom. The van der Waals surface area contributed by atoms with E-state index >= 15 is 0 Å². The Labute approximate surface area is 196 Å². The molecule has 1 amide bonds. The van der Waals surface area contributed by atoms with Gasteiger partial charge in [-0.1, -0.05) is 12.1 Å². The van der Waals surface area contributed by atoms with Crippen molar-refractivity contribution in [3.05, 3.63) is 60.7 Å². The van der Waals surface area contributed by atoms with Crippen LogP contribution in [0.2, 0.25) is 0 Å². The van der Waals surface area contributed by atoms with Crippen LogP contribution in [0.4, 0.5) is 15.9 Å². The number of nitrogens with zero attached hydrogens (tertiary/aromatic N) is 4. The first-order valence-electron chi connectivity index (χ1n) is 11.1. The van der Waals surface area contributed by atoms with Crippen LogP contribution in [0, 0.1) is 5.82 Å². The van der Waals surface area contributed by atoms with Crippen LogP contribution in [-0.2, 0) is 4.79 Å². The molecular weight excluding hydrogens is 435 g/mol. The summed E-state index contributed by atoms with van der Waals surface area (Å²) in [6.45, 7) is 3.44. The smallest absolute Gasteiger partial charge is 0.238 e. The quantitative estimate of drug-likeness (QED) is 0.471. The minimum atomic E-state index is -0.311. The van der Waals surface area contributed by atoms with Crippen LogP contribution in [0.1, 0.15) is 0 Å². The number of nitrogens with one attached hydrogen (secondary N) is 1. The third-order valence-corrected chi connectivity index (χ3v) is 6.02. The number of fused-ring (bicyclic) bond motifs is 1. The van der Waals surface area contributed by atoms with E-state index in [0.717, 1.165) is 54.1 Å². The number of carbonyl (C=O) groups excluding carboxylic acids is 1. The van der Waals surface area contributed by atoms with E-state index < -0.39 is 0 Å². The van der Waals surface area contributed by atoms with Crippen LogP contribution in [0.5, 0.6) is 0 Å². The Bertz CT molecular complexity index is 1310. The molecule has 0 atom stereocenters.